The second-order valence-electron chi connectivity index (χ2n) is 11.7. The van der Waals surface area contributed by atoms with Crippen molar-refractivity contribution in [2.24, 2.45) is 51.5 Å². The fraction of sp³-hybridized carbons (Fsp3) is 0.958. The lowest BCUT2D eigenvalue weighted by molar-refractivity contribution is -0.185. The number of carbonyl (C=O) groups is 1. The third kappa shape index (κ3) is 3.57. The summed E-state index contributed by atoms with van der Waals surface area (Å²) in [5.41, 5.74) is 7.54. The Morgan fingerprint density at radius 1 is 1.19 bits per heavy atom. The van der Waals surface area contributed by atoms with Crippen molar-refractivity contribution >= 4 is 5.97 Å². The normalized spacial score (nSPS) is 49.8. The molecule has 0 aromatic carbocycles. The van der Waals surface area contributed by atoms with Crippen LogP contribution >= 0.6 is 0 Å². The summed E-state index contributed by atoms with van der Waals surface area (Å²) in [7, 11) is 0. The summed E-state index contributed by atoms with van der Waals surface area (Å²) in [4.78, 5) is 14.0. The number of nitrogens with zero attached hydrogens (tertiary/aromatic N) is 3. The van der Waals surface area contributed by atoms with E-state index in [0.717, 1.165) is 38.5 Å². The van der Waals surface area contributed by atoms with Crippen LogP contribution < -0.4 is 0 Å². The summed E-state index contributed by atoms with van der Waals surface area (Å²) in [5.74, 6) is 1.76. The van der Waals surface area contributed by atoms with Gasteiger partial charge in [-0.2, -0.15) is 0 Å². The molecule has 0 spiro atoms. The van der Waals surface area contributed by atoms with Gasteiger partial charge in [0.05, 0.1) is 6.10 Å². The third-order valence-corrected chi connectivity index (χ3v) is 10.6. The minimum absolute atomic E-state index is 0.0649. The summed E-state index contributed by atoms with van der Waals surface area (Å²) >= 11 is 0. The summed E-state index contributed by atoms with van der Waals surface area (Å²) in [6.07, 6.45) is 7.55. The van der Waals surface area contributed by atoms with Crippen molar-refractivity contribution < 1.29 is 20.1 Å². The van der Waals surface area contributed by atoms with Crippen molar-refractivity contribution in [1.29, 1.82) is 0 Å². The molecule has 4 saturated carbocycles. The van der Waals surface area contributed by atoms with Crippen LogP contribution in [0.2, 0.25) is 0 Å². The highest BCUT2D eigenvalue weighted by molar-refractivity contribution is 5.66. The van der Waals surface area contributed by atoms with Crippen LogP contribution in [0.25, 0.3) is 10.4 Å². The monoisotopic (exact) mass is 433 g/mol. The highest BCUT2D eigenvalue weighted by atomic mass is 16.4. The van der Waals surface area contributed by atoms with Crippen LogP contribution in [0, 0.1) is 46.3 Å². The van der Waals surface area contributed by atoms with Gasteiger partial charge in [0, 0.05) is 11.3 Å². The number of aliphatic hydroxyl groups excluding tert-OH is 1. The number of hydrogen-bond acceptors (Lipinski definition) is 4. The van der Waals surface area contributed by atoms with Crippen LogP contribution in [0.3, 0.4) is 0 Å². The zero-order chi connectivity index (χ0) is 22.6. The molecule has 0 bridgehead atoms. The lowest BCUT2D eigenvalue weighted by Gasteiger charge is -2.63. The minimum Gasteiger partial charge on any atom is -0.481 e. The lowest BCUT2D eigenvalue weighted by Crippen LogP contribution is -2.59. The standard InChI is InChI=1S/C24H39N3O4/c1-14(4-9-21(29)30)17-7-8-18-16-6-5-15-13-24(31,26-27-25)11-10-22(15,2)19(16)12-20(28)23(17,18)3/h14-20,28,31H,4-13H2,1-3H3,(H,29,30)/t14-,15-,16+,17-,18+,19+,20+,22+,23-,24-/m1/s1. The SMILES string of the molecule is C[C@H](CCC(=O)O)[C@H]1CC[C@H]2[C@@H]3CC[C@@H]4C[C@@](O)(N=[N+]=[N-])CC[C@]4(C)[C@H]3C[C@H](O)[C@]12C. The van der Waals surface area contributed by atoms with Crippen LogP contribution in [0.4, 0.5) is 0 Å². The molecule has 4 rings (SSSR count). The molecule has 31 heavy (non-hydrogen) atoms. The molecule has 0 aromatic rings. The first kappa shape index (κ1) is 22.9. The summed E-state index contributed by atoms with van der Waals surface area (Å²) < 4.78 is 0. The van der Waals surface area contributed by atoms with E-state index in [0.29, 0.717) is 54.8 Å². The van der Waals surface area contributed by atoms with Crippen molar-refractivity contribution in [1.82, 2.24) is 0 Å². The molecular formula is C24H39N3O4. The van der Waals surface area contributed by atoms with Gasteiger partial charge in [0.25, 0.3) is 0 Å². The van der Waals surface area contributed by atoms with E-state index in [2.05, 4.69) is 30.8 Å². The second-order valence-corrected chi connectivity index (χ2v) is 11.7. The van der Waals surface area contributed by atoms with Crippen molar-refractivity contribution in [3.8, 4) is 0 Å². The number of aliphatic hydroxyl groups is 2. The maximum Gasteiger partial charge on any atom is 0.303 e. The Labute approximate surface area is 185 Å². The van der Waals surface area contributed by atoms with Gasteiger partial charge in [-0.05, 0) is 110 Å². The van der Waals surface area contributed by atoms with E-state index >= 15 is 0 Å². The van der Waals surface area contributed by atoms with E-state index in [1.54, 1.807) is 0 Å². The van der Waals surface area contributed by atoms with Gasteiger partial charge in [-0.15, -0.1) is 0 Å². The quantitative estimate of drug-likeness (QED) is 0.316. The molecule has 4 aliphatic rings. The number of aliphatic carboxylic acids is 1. The first-order valence-corrected chi connectivity index (χ1v) is 12.2. The van der Waals surface area contributed by atoms with Gasteiger partial charge in [0.1, 0.15) is 5.72 Å². The molecule has 10 atom stereocenters. The maximum absolute atomic E-state index is 11.5. The molecule has 7 heteroatoms. The van der Waals surface area contributed by atoms with Gasteiger partial charge >= 0.3 is 5.97 Å². The van der Waals surface area contributed by atoms with E-state index in [-0.39, 0.29) is 23.4 Å². The van der Waals surface area contributed by atoms with Gasteiger partial charge in [-0.3, -0.25) is 4.79 Å². The van der Waals surface area contributed by atoms with Crippen molar-refractivity contribution in [2.75, 3.05) is 0 Å². The first-order chi connectivity index (χ1) is 14.5. The van der Waals surface area contributed by atoms with Gasteiger partial charge < -0.3 is 15.3 Å². The zero-order valence-corrected chi connectivity index (χ0v) is 19.2. The van der Waals surface area contributed by atoms with Crippen LogP contribution in [0.5, 0.6) is 0 Å². The highest BCUT2D eigenvalue weighted by Gasteiger charge is 2.64. The average Bonchev–Trinajstić information content (AvgIpc) is 3.07. The van der Waals surface area contributed by atoms with Gasteiger partial charge in [-0.25, -0.2) is 0 Å². The molecule has 0 unspecified atom stereocenters. The topological polar surface area (TPSA) is 127 Å². The molecular weight excluding hydrogens is 394 g/mol. The maximum atomic E-state index is 11.5. The molecule has 0 radical (unpaired) electrons. The van der Waals surface area contributed by atoms with E-state index in [1.165, 1.54) is 0 Å². The Morgan fingerprint density at radius 2 is 1.94 bits per heavy atom. The van der Waals surface area contributed by atoms with E-state index < -0.39 is 11.7 Å². The Bertz CT molecular complexity index is 770. The highest BCUT2D eigenvalue weighted by Crippen LogP contribution is 2.69. The summed E-state index contributed by atoms with van der Waals surface area (Å²) in [6, 6.07) is 0. The van der Waals surface area contributed by atoms with Crippen molar-refractivity contribution in [3.63, 3.8) is 0 Å². The number of azide groups is 1. The van der Waals surface area contributed by atoms with E-state index in [9.17, 15) is 15.0 Å². The number of carboxylic acid groups (broad SMARTS) is 1. The molecule has 7 nitrogen and oxygen atoms in total. The molecule has 4 aliphatic carbocycles. The Balaban J connectivity index is 1.56. The third-order valence-electron chi connectivity index (χ3n) is 10.6. The lowest BCUT2D eigenvalue weighted by atomic mass is 9.43. The van der Waals surface area contributed by atoms with Crippen LogP contribution in [-0.4, -0.2) is 33.1 Å². The van der Waals surface area contributed by atoms with Gasteiger partial charge in [-0.1, -0.05) is 25.9 Å². The molecule has 174 valence electrons. The molecule has 0 heterocycles. The van der Waals surface area contributed by atoms with Gasteiger partial charge in [0.15, 0.2) is 0 Å². The Morgan fingerprint density at radius 3 is 2.61 bits per heavy atom. The molecule has 0 saturated heterocycles. The average molecular weight is 434 g/mol. The van der Waals surface area contributed by atoms with Crippen LogP contribution in [0.15, 0.2) is 5.11 Å². The molecule has 3 N–H and O–H groups in total. The molecule has 0 aliphatic heterocycles. The molecule has 4 fully saturated rings. The van der Waals surface area contributed by atoms with Crippen molar-refractivity contribution in [2.45, 2.75) is 96.8 Å². The zero-order valence-electron chi connectivity index (χ0n) is 19.2. The summed E-state index contributed by atoms with van der Waals surface area (Å²) in [6.45, 7) is 6.81. The van der Waals surface area contributed by atoms with E-state index in [1.807, 2.05) is 0 Å². The largest absolute Gasteiger partial charge is 0.481 e. The first-order valence-electron chi connectivity index (χ1n) is 12.2. The fourth-order valence-electron chi connectivity index (χ4n) is 8.88. The predicted molar refractivity (Wildman–Crippen MR) is 117 cm³/mol. The van der Waals surface area contributed by atoms with Gasteiger partial charge in [0.2, 0.25) is 0 Å². The smallest absolute Gasteiger partial charge is 0.303 e. The van der Waals surface area contributed by atoms with Crippen LogP contribution in [0.1, 0.15) is 85.0 Å². The fourth-order valence-corrected chi connectivity index (χ4v) is 8.88. The summed E-state index contributed by atoms with van der Waals surface area (Å²) in [5, 5.41) is 35.1. The predicted octanol–water partition coefficient (Wildman–Crippen LogP) is 5.12. The molecule has 0 aromatic heterocycles. The number of carboxylic acids is 1. The number of fused-ring (bicyclic) bond motifs is 5. The van der Waals surface area contributed by atoms with E-state index in [4.69, 9.17) is 10.6 Å². The van der Waals surface area contributed by atoms with Crippen molar-refractivity contribution in [3.05, 3.63) is 10.4 Å². The number of rotatable bonds is 5. The minimum atomic E-state index is -1.26. The number of hydrogen-bond donors (Lipinski definition) is 3. The Kier molecular flexibility index (Phi) is 5.85. The van der Waals surface area contributed by atoms with Crippen LogP contribution in [-0.2, 0) is 4.79 Å². The molecule has 0 amide bonds. The second kappa shape index (κ2) is 7.93. The Hall–Kier alpha value is -1.30.